The molecule has 0 radical (unpaired) electrons. The van der Waals surface area contributed by atoms with E-state index in [1.54, 1.807) is 7.11 Å². The fourth-order valence-corrected chi connectivity index (χ4v) is 3.44. The number of rotatable bonds is 6. The first-order valence-electron chi connectivity index (χ1n) is 9.43. The lowest BCUT2D eigenvalue weighted by Gasteiger charge is -2.19. The Morgan fingerprint density at radius 1 is 1.04 bits per heavy atom. The molecule has 3 rings (SSSR count). The van der Waals surface area contributed by atoms with E-state index in [1.807, 2.05) is 12.1 Å². The van der Waals surface area contributed by atoms with Crippen LogP contribution in [0.1, 0.15) is 44.7 Å². The van der Waals surface area contributed by atoms with Crippen LogP contribution < -0.4 is 10.5 Å². The van der Waals surface area contributed by atoms with E-state index < -0.39 is 0 Å². The zero-order chi connectivity index (χ0) is 18.7. The highest BCUT2D eigenvalue weighted by molar-refractivity contribution is 5.91. The Morgan fingerprint density at radius 3 is 2.54 bits per heavy atom. The fraction of sp³-hybridized carbons (Fsp3) is 0.391. The van der Waals surface area contributed by atoms with Crippen molar-refractivity contribution in [2.45, 2.75) is 45.4 Å². The first kappa shape index (κ1) is 18.5. The van der Waals surface area contributed by atoms with Gasteiger partial charge in [0.2, 0.25) is 0 Å². The molecule has 0 bridgehead atoms. The van der Waals surface area contributed by atoms with Crippen LogP contribution in [0, 0.1) is 0 Å². The molecule has 138 valence electrons. The summed E-state index contributed by atoms with van der Waals surface area (Å²) in [6.07, 6.45) is 3.17. The number of fused-ring (bicyclic) bond motifs is 1. The Balaban J connectivity index is 2.15. The van der Waals surface area contributed by atoms with Crippen molar-refractivity contribution in [2.24, 2.45) is 5.73 Å². The molecule has 0 saturated heterocycles. The summed E-state index contributed by atoms with van der Waals surface area (Å²) in [6.45, 7) is 7.53. The van der Waals surface area contributed by atoms with E-state index in [4.69, 9.17) is 10.5 Å². The SMILES string of the molecule is COc1cccc(-c2[nH]c3ccc(C(C)(C)C)cc3c2CCCCN)c1. The summed E-state index contributed by atoms with van der Waals surface area (Å²) < 4.78 is 5.42. The van der Waals surface area contributed by atoms with E-state index in [0.29, 0.717) is 0 Å². The molecule has 0 saturated carbocycles. The van der Waals surface area contributed by atoms with Crippen molar-refractivity contribution in [1.82, 2.24) is 4.98 Å². The van der Waals surface area contributed by atoms with Crippen molar-refractivity contribution < 1.29 is 4.74 Å². The Hall–Kier alpha value is -2.26. The van der Waals surface area contributed by atoms with Gasteiger partial charge in [-0.2, -0.15) is 0 Å². The maximum atomic E-state index is 5.72. The normalized spacial score (nSPS) is 11.9. The molecular formula is C23H30N2O. The predicted molar refractivity (Wildman–Crippen MR) is 111 cm³/mol. The number of nitrogens with two attached hydrogens (primary N) is 1. The highest BCUT2D eigenvalue weighted by Crippen LogP contribution is 2.35. The van der Waals surface area contributed by atoms with Crippen LogP contribution >= 0.6 is 0 Å². The molecule has 0 unspecified atom stereocenters. The maximum Gasteiger partial charge on any atom is 0.119 e. The van der Waals surface area contributed by atoms with Crippen molar-refractivity contribution in [3.63, 3.8) is 0 Å². The van der Waals surface area contributed by atoms with Crippen molar-refractivity contribution in [3.8, 4) is 17.0 Å². The number of aromatic amines is 1. The zero-order valence-corrected chi connectivity index (χ0v) is 16.4. The molecule has 0 atom stereocenters. The van der Waals surface area contributed by atoms with Gasteiger partial charge in [0, 0.05) is 22.2 Å². The van der Waals surface area contributed by atoms with Crippen LogP contribution in [0.2, 0.25) is 0 Å². The van der Waals surface area contributed by atoms with E-state index in [9.17, 15) is 0 Å². The minimum Gasteiger partial charge on any atom is -0.497 e. The Morgan fingerprint density at radius 2 is 1.85 bits per heavy atom. The minimum atomic E-state index is 0.135. The second-order valence-corrected chi connectivity index (χ2v) is 7.97. The lowest BCUT2D eigenvalue weighted by atomic mass is 9.86. The van der Waals surface area contributed by atoms with Crippen molar-refractivity contribution in [3.05, 3.63) is 53.6 Å². The zero-order valence-electron chi connectivity index (χ0n) is 16.4. The molecule has 0 aliphatic carbocycles. The summed E-state index contributed by atoms with van der Waals surface area (Å²) >= 11 is 0. The summed E-state index contributed by atoms with van der Waals surface area (Å²) in [6, 6.07) is 15.1. The Labute approximate surface area is 156 Å². The second kappa shape index (κ2) is 7.55. The molecule has 1 heterocycles. The van der Waals surface area contributed by atoms with Gasteiger partial charge < -0.3 is 15.5 Å². The smallest absolute Gasteiger partial charge is 0.119 e. The van der Waals surface area contributed by atoms with Gasteiger partial charge in [-0.15, -0.1) is 0 Å². The van der Waals surface area contributed by atoms with Crippen LogP contribution in [0.5, 0.6) is 5.75 Å². The van der Waals surface area contributed by atoms with E-state index in [0.717, 1.165) is 31.6 Å². The number of methoxy groups -OCH3 is 1. The van der Waals surface area contributed by atoms with Gasteiger partial charge in [0.15, 0.2) is 0 Å². The monoisotopic (exact) mass is 350 g/mol. The topological polar surface area (TPSA) is 51.0 Å². The number of ether oxygens (including phenoxy) is 1. The average Bonchev–Trinajstić information content (AvgIpc) is 2.99. The molecule has 0 spiro atoms. The molecule has 0 amide bonds. The van der Waals surface area contributed by atoms with E-state index in [2.05, 4.69) is 56.1 Å². The third-order valence-corrected chi connectivity index (χ3v) is 5.01. The van der Waals surface area contributed by atoms with Crippen molar-refractivity contribution in [1.29, 1.82) is 0 Å². The number of benzene rings is 2. The predicted octanol–water partition coefficient (Wildman–Crippen LogP) is 5.42. The van der Waals surface area contributed by atoms with Gasteiger partial charge in [0.25, 0.3) is 0 Å². The quantitative estimate of drug-likeness (QED) is 0.583. The number of hydrogen-bond donors (Lipinski definition) is 2. The van der Waals surface area contributed by atoms with E-state index in [1.165, 1.54) is 33.3 Å². The molecule has 0 fully saturated rings. The lowest BCUT2D eigenvalue weighted by Crippen LogP contribution is -2.10. The first-order chi connectivity index (χ1) is 12.4. The number of aryl methyl sites for hydroxylation is 1. The third kappa shape index (κ3) is 3.78. The van der Waals surface area contributed by atoms with Crippen LogP contribution in [0.25, 0.3) is 22.2 Å². The Bertz CT molecular complexity index is 887. The molecule has 0 aliphatic rings. The summed E-state index contributed by atoms with van der Waals surface area (Å²) in [4.78, 5) is 3.65. The van der Waals surface area contributed by atoms with Crippen molar-refractivity contribution in [2.75, 3.05) is 13.7 Å². The van der Waals surface area contributed by atoms with Crippen LogP contribution in [-0.4, -0.2) is 18.6 Å². The van der Waals surface area contributed by atoms with E-state index in [-0.39, 0.29) is 5.41 Å². The number of unbranched alkanes of at least 4 members (excludes halogenated alkanes) is 1. The van der Waals surface area contributed by atoms with Crippen LogP contribution in [0.15, 0.2) is 42.5 Å². The number of aromatic nitrogens is 1. The lowest BCUT2D eigenvalue weighted by molar-refractivity contribution is 0.415. The van der Waals surface area contributed by atoms with Gasteiger partial charge in [-0.1, -0.05) is 39.0 Å². The minimum absolute atomic E-state index is 0.135. The van der Waals surface area contributed by atoms with Crippen molar-refractivity contribution >= 4 is 10.9 Å². The summed E-state index contributed by atoms with van der Waals surface area (Å²) in [5.41, 5.74) is 12.2. The van der Waals surface area contributed by atoms with Gasteiger partial charge in [-0.05, 0) is 66.6 Å². The van der Waals surface area contributed by atoms with E-state index >= 15 is 0 Å². The first-order valence-corrected chi connectivity index (χ1v) is 9.43. The maximum absolute atomic E-state index is 5.72. The molecule has 26 heavy (non-hydrogen) atoms. The molecule has 0 aliphatic heterocycles. The van der Waals surface area contributed by atoms with Gasteiger partial charge in [0.05, 0.1) is 7.11 Å². The molecular weight excluding hydrogens is 320 g/mol. The second-order valence-electron chi connectivity index (χ2n) is 7.97. The van der Waals surface area contributed by atoms with Crippen LogP contribution in [0.3, 0.4) is 0 Å². The fourth-order valence-electron chi connectivity index (χ4n) is 3.44. The Kier molecular flexibility index (Phi) is 5.38. The highest BCUT2D eigenvalue weighted by atomic mass is 16.5. The largest absolute Gasteiger partial charge is 0.497 e. The van der Waals surface area contributed by atoms with Gasteiger partial charge >= 0.3 is 0 Å². The summed E-state index contributed by atoms with van der Waals surface area (Å²) in [5.74, 6) is 0.879. The standard InChI is InChI=1S/C23H30N2O/c1-23(2,3)17-11-12-21-20(15-17)19(10-5-6-13-24)22(25-21)16-8-7-9-18(14-16)26-4/h7-9,11-12,14-15,25H,5-6,10,13,24H2,1-4H3. The summed E-state index contributed by atoms with van der Waals surface area (Å²) in [7, 11) is 1.71. The molecule has 3 heteroatoms. The van der Waals surface area contributed by atoms with Gasteiger partial charge in [0.1, 0.15) is 5.75 Å². The van der Waals surface area contributed by atoms with Gasteiger partial charge in [-0.25, -0.2) is 0 Å². The third-order valence-electron chi connectivity index (χ3n) is 5.01. The molecule has 3 aromatic rings. The van der Waals surface area contributed by atoms with Gasteiger partial charge in [-0.3, -0.25) is 0 Å². The van der Waals surface area contributed by atoms with Crippen LogP contribution in [-0.2, 0) is 11.8 Å². The summed E-state index contributed by atoms with van der Waals surface area (Å²) in [5, 5.41) is 1.33. The molecule has 3 N–H and O–H groups in total. The number of nitrogens with one attached hydrogen (secondary N) is 1. The highest BCUT2D eigenvalue weighted by Gasteiger charge is 2.18. The molecule has 3 nitrogen and oxygen atoms in total. The molecule has 2 aromatic carbocycles. The molecule has 1 aromatic heterocycles. The number of H-pyrrole nitrogens is 1. The number of hydrogen-bond acceptors (Lipinski definition) is 2. The van der Waals surface area contributed by atoms with Crippen LogP contribution in [0.4, 0.5) is 0 Å². The average molecular weight is 351 g/mol.